The van der Waals surface area contributed by atoms with Gasteiger partial charge in [-0.15, -0.1) is 0 Å². The van der Waals surface area contributed by atoms with Crippen LogP contribution in [0.15, 0.2) is 24.3 Å². The van der Waals surface area contributed by atoms with E-state index < -0.39 is 0 Å². The first-order valence-electron chi connectivity index (χ1n) is 11.9. The van der Waals surface area contributed by atoms with Crippen LogP contribution < -0.4 is 16.0 Å². The number of nitrogens with zero attached hydrogens (tertiary/aromatic N) is 1. The molecule has 7 nitrogen and oxygen atoms in total. The zero-order valence-electron chi connectivity index (χ0n) is 20.7. The summed E-state index contributed by atoms with van der Waals surface area (Å²) in [6, 6.07) is 6.84. The maximum Gasteiger partial charge on any atom is 0.253 e. The van der Waals surface area contributed by atoms with E-state index in [-0.39, 0.29) is 29.7 Å². The van der Waals surface area contributed by atoms with Crippen LogP contribution in [0.2, 0.25) is 0 Å². The van der Waals surface area contributed by atoms with Crippen LogP contribution in [0.4, 0.5) is 0 Å². The van der Waals surface area contributed by atoms with E-state index in [4.69, 9.17) is 0 Å². The molecule has 0 aromatic heterocycles. The van der Waals surface area contributed by atoms with Gasteiger partial charge < -0.3 is 20.9 Å². The lowest BCUT2D eigenvalue weighted by atomic mass is 10.0. The number of rotatable bonds is 14. The molecule has 0 radical (unpaired) electrons. The van der Waals surface area contributed by atoms with Crippen LogP contribution in [0.25, 0.3) is 0 Å². The van der Waals surface area contributed by atoms with Crippen molar-refractivity contribution in [3.63, 3.8) is 0 Å². The molecule has 0 aliphatic heterocycles. The third-order valence-electron chi connectivity index (χ3n) is 5.33. The molecule has 1 rings (SSSR count). The van der Waals surface area contributed by atoms with Crippen LogP contribution in [0, 0.1) is 11.8 Å². The minimum Gasteiger partial charge on any atom is -0.356 e. The minimum absolute atomic E-state index is 0.0280. The van der Waals surface area contributed by atoms with E-state index in [9.17, 15) is 14.4 Å². The smallest absolute Gasteiger partial charge is 0.253 e. The molecule has 0 spiro atoms. The Kier molecular flexibility index (Phi) is 12.6. The Labute approximate surface area is 193 Å². The average molecular weight is 447 g/mol. The summed E-state index contributed by atoms with van der Waals surface area (Å²) in [5, 5.41) is 9.06. The van der Waals surface area contributed by atoms with Crippen molar-refractivity contribution in [2.24, 2.45) is 11.8 Å². The van der Waals surface area contributed by atoms with E-state index in [1.165, 1.54) is 0 Å². The van der Waals surface area contributed by atoms with Crippen molar-refractivity contribution in [3.8, 4) is 0 Å². The van der Waals surface area contributed by atoms with Crippen molar-refractivity contribution in [1.82, 2.24) is 20.9 Å². The maximum atomic E-state index is 12.8. The molecule has 3 amide bonds. The summed E-state index contributed by atoms with van der Waals surface area (Å²) in [4.78, 5) is 39.6. The Morgan fingerprint density at radius 2 is 1.56 bits per heavy atom. The minimum atomic E-state index is -0.227. The Morgan fingerprint density at radius 1 is 0.938 bits per heavy atom. The van der Waals surface area contributed by atoms with E-state index in [2.05, 4.69) is 29.8 Å². The lowest BCUT2D eigenvalue weighted by molar-refractivity contribution is -0.125. The Hall–Kier alpha value is -2.41. The summed E-state index contributed by atoms with van der Waals surface area (Å²) in [5.74, 6) is 0.00334. The zero-order valence-corrected chi connectivity index (χ0v) is 20.7. The predicted molar refractivity (Wildman–Crippen MR) is 130 cm³/mol. The average Bonchev–Trinajstić information content (AvgIpc) is 2.79. The van der Waals surface area contributed by atoms with Crippen molar-refractivity contribution < 1.29 is 14.4 Å². The van der Waals surface area contributed by atoms with Gasteiger partial charge in [0.25, 0.3) is 11.8 Å². The van der Waals surface area contributed by atoms with E-state index in [1.807, 2.05) is 32.7 Å². The second kappa shape index (κ2) is 14.6. The van der Waals surface area contributed by atoms with Gasteiger partial charge in [0.05, 0.1) is 0 Å². The molecule has 1 aromatic carbocycles. The first-order chi connectivity index (χ1) is 15.2. The number of likely N-dealkylation sites (N-methyl/N-ethyl adjacent to an activating group) is 1. The summed E-state index contributed by atoms with van der Waals surface area (Å²) in [5.41, 5.74) is 0.988. The SMILES string of the molecule is CCCN(CCC)C(=O)c1cccc(C(=O)NCC(CC(C)C(=O)NCC(C)C)NC)c1. The molecular weight excluding hydrogens is 404 g/mol. The predicted octanol–water partition coefficient (Wildman–Crippen LogP) is 3.07. The second-order valence-electron chi connectivity index (χ2n) is 8.84. The molecule has 3 N–H and O–H groups in total. The number of hydrogen-bond acceptors (Lipinski definition) is 4. The van der Waals surface area contributed by atoms with Crippen molar-refractivity contribution in [2.45, 2.75) is 59.9 Å². The molecule has 2 atom stereocenters. The van der Waals surface area contributed by atoms with Gasteiger partial charge in [-0.1, -0.05) is 40.7 Å². The summed E-state index contributed by atoms with van der Waals surface area (Å²) < 4.78 is 0. The van der Waals surface area contributed by atoms with Gasteiger partial charge in [-0.2, -0.15) is 0 Å². The van der Waals surface area contributed by atoms with Crippen LogP contribution in [-0.4, -0.2) is 61.9 Å². The standard InChI is InChI=1S/C25H42N4O3/c1-7-12-29(13-8-2)25(32)21-11-9-10-20(15-21)24(31)28-17-22(26-6)14-19(5)23(30)27-16-18(3)4/h9-11,15,18-19,22,26H,7-8,12-14,16-17H2,1-6H3,(H,27,30)(H,28,31). The van der Waals surface area contributed by atoms with Crippen LogP contribution >= 0.6 is 0 Å². The summed E-state index contributed by atoms with van der Waals surface area (Å²) >= 11 is 0. The molecule has 7 heteroatoms. The molecule has 0 bridgehead atoms. The first kappa shape index (κ1) is 27.6. The molecule has 0 fully saturated rings. The summed E-state index contributed by atoms with van der Waals surface area (Å²) in [6.45, 7) is 12.6. The van der Waals surface area contributed by atoms with Gasteiger partial charge in [-0.25, -0.2) is 0 Å². The van der Waals surface area contributed by atoms with E-state index in [0.29, 0.717) is 49.6 Å². The number of amides is 3. The lowest BCUT2D eigenvalue weighted by Gasteiger charge is -2.22. The highest BCUT2D eigenvalue weighted by Crippen LogP contribution is 2.11. The number of carbonyl (C=O) groups is 3. The van der Waals surface area contributed by atoms with Crippen LogP contribution in [0.1, 0.15) is 74.6 Å². The molecule has 0 saturated heterocycles. The second-order valence-corrected chi connectivity index (χ2v) is 8.84. The van der Waals surface area contributed by atoms with E-state index >= 15 is 0 Å². The van der Waals surface area contributed by atoms with Gasteiger partial charge in [0.1, 0.15) is 0 Å². The molecular formula is C25H42N4O3. The number of hydrogen-bond donors (Lipinski definition) is 3. The fourth-order valence-corrected chi connectivity index (χ4v) is 3.46. The monoisotopic (exact) mass is 446 g/mol. The van der Waals surface area contributed by atoms with Gasteiger partial charge in [0.2, 0.25) is 5.91 Å². The quantitative estimate of drug-likeness (QED) is 0.410. The molecule has 1 aromatic rings. The third-order valence-corrected chi connectivity index (χ3v) is 5.33. The maximum absolute atomic E-state index is 12.8. The van der Waals surface area contributed by atoms with Crippen molar-refractivity contribution in [2.75, 3.05) is 33.2 Å². The normalized spacial score (nSPS) is 12.8. The Morgan fingerprint density at radius 3 is 2.12 bits per heavy atom. The number of carbonyl (C=O) groups excluding carboxylic acids is 3. The highest BCUT2D eigenvalue weighted by Gasteiger charge is 2.20. The van der Waals surface area contributed by atoms with Crippen molar-refractivity contribution >= 4 is 17.7 Å². The highest BCUT2D eigenvalue weighted by molar-refractivity contribution is 5.99. The van der Waals surface area contributed by atoms with E-state index in [0.717, 1.165) is 12.8 Å². The van der Waals surface area contributed by atoms with Crippen LogP contribution in [-0.2, 0) is 4.79 Å². The lowest BCUT2D eigenvalue weighted by Crippen LogP contribution is -2.42. The van der Waals surface area contributed by atoms with Gasteiger partial charge in [0.15, 0.2) is 0 Å². The zero-order chi connectivity index (χ0) is 24.1. The number of benzene rings is 1. The first-order valence-corrected chi connectivity index (χ1v) is 11.9. The van der Waals surface area contributed by atoms with Crippen molar-refractivity contribution in [3.05, 3.63) is 35.4 Å². The molecule has 2 unspecified atom stereocenters. The van der Waals surface area contributed by atoms with Crippen LogP contribution in [0.5, 0.6) is 0 Å². The molecule has 0 saturated carbocycles. The molecule has 180 valence electrons. The fourth-order valence-electron chi connectivity index (χ4n) is 3.46. The fraction of sp³-hybridized carbons (Fsp3) is 0.640. The molecule has 32 heavy (non-hydrogen) atoms. The Balaban J connectivity index is 2.70. The number of nitrogens with one attached hydrogen (secondary N) is 3. The van der Waals surface area contributed by atoms with Gasteiger partial charge in [-0.05, 0) is 50.4 Å². The topological polar surface area (TPSA) is 90.5 Å². The summed E-state index contributed by atoms with van der Waals surface area (Å²) in [7, 11) is 1.82. The highest BCUT2D eigenvalue weighted by atomic mass is 16.2. The van der Waals surface area contributed by atoms with Gasteiger partial charge in [-0.3, -0.25) is 14.4 Å². The van der Waals surface area contributed by atoms with Crippen LogP contribution in [0.3, 0.4) is 0 Å². The molecule has 0 aliphatic carbocycles. The summed E-state index contributed by atoms with van der Waals surface area (Å²) in [6.07, 6.45) is 2.40. The molecule has 0 aliphatic rings. The van der Waals surface area contributed by atoms with Crippen molar-refractivity contribution in [1.29, 1.82) is 0 Å². The largest absolute Gasteiger partial charge is 0.356 e. The van der Waals surface area contributed by atoms with E-state index in [1.54, 1.807) is 24.3 Å². The molecule has 0 heterocycles. The third kappa shape index (κ3) is 9.39. The Bertz CT molecular complexity index is 730. The van der Waals surface area contributed by atoms with Gasteiger partial charge in [0, 0.05) is 49.3 Å². The van der Waals surface area contributed by atoms with Gasteiger partial charge >= 0.3 is 0 Å².